The van der Waals surface area contributed by atoms with Crippen LogP contribution in [-0.2, 0) is 25.6 Å². The van der Waals surface area contributed by atoms with Crippen molar-refractivity contribution in [2.24, 2.45) is 0 Å². The van der Waals surface area contributed by atoms with Gasteiger partial charge < -0.3 is 35.2 Å². The molecule has 0 aliphatic heterocycles. The van der Waals surface area contributed by atoms with Crippen molar-refractivity contribution in [1.29, 1.82) is 0 Å². The van der Waals surface area contributed by atoms with Gasteiger partial charge in [-0.15, -0.1) is 0 Å². The van der Waals surface area contributed by atoms with Gasteiger partial charge in [-0.2, -0.15) is 45.8 Å². The Labute approximate surface area is 343 Å². The number of carbonyl (C=O) groups is 3. The Bertz CT molecular complexity index is 2360. The number of nitro groups is 1. The largest absolute Gasteiger partial charge is 0.480 e. The first-order valence-electron chi connectivity index (χ1n) is 15.0. The van der Waals surface area contributed by atoms with Crippen LogP contribution in [0.25, 0.3) is 5.69 Å². The predicted molar refractivity (Wildman–Crippen MR) is 190 cm³/mol. The number of urea groups is 1. The number of anilines is 2. The van der Waals surface area contributed by atoms with Crippen molar-refractivity contribution in [3.05, 3.63) is 79.9 Å². The number of ether oxygens (including phenoxy) is 2. The van der Waals surface area contributed by atoms with Crippen LogP contribution in [0.15, 0.2) is 53.6 Å². The van der Waals surface area contributed by atoms with Gasteiger partial charge in [0.1, 0.15) is 16.8 Å². The van der Waals surface area contributed by atoms with Crippen LogP contribution in [0.1, 0.15) is 15.9 Å². The molecular weight excluding hydrogens is 941 g/mol. The highest BCUT2D eigenvalue weighted by Crippen LogP contribution is 2.39. The molecule has 2 aromatic carbocycles. The summed E-state index contributed by atoms with van der Waals surface area (Å²) in [5.74, 6) is -6.00. The van der Waals surface area contributed by atoms with E-state index in [0.717, 1.165) is 23.0 Å². The van der Waals surface area contributed by atoms with Crippen molar-refractivity contribution < 1.29 is 92.5 Å². The second-order valence-corrected chi connectivity index (χ2v) is 14.6. The molecule has 334 valence electrons. The van der Waals surface area contributed by atoms with Crippen LogP contribution in [-0.4, -0.2) is 97.1 Å². The molecule has 2 heterocycles. The molecule has 2 amide bonds. The van der Waals surface area contributed by atoms with Crippen molar-refractivity contribution in [2.75, 3.05) is 23.9 Å². The Balaban J connectivity index is 0.000000357. The van der Waals surface area contributed by atoms with Gasteiger partial charge in [-0.1, -0.05) is 35.3 Å². The number of amides is 2. The van der Waals surface area contributed by atoms with Gasteiger partial charge in [-0.05, 0) is 24.3 Å². The molecular formula is C27H23Cl2F7N9O14PS. The highest BCUT2D eigenvalue weighted by atomic mass is 35.5. The van der Waals surface area contributed by atoms with Crippen LogP contribution < -0.4 is 30.6 Å². The molecule has 0 spiro atoms. The number of hydrogen-bond donors (Lipinski definition) is 8. The fraction of sp³-hybridized carbons (Fsp3) is 0.185. The Morgan fingerprint density at radius 2 is 1.51 bits per heavy atom. The van der Waals surface area contributed by atoms with Gasteiger partial charge in [0.25, 0.3) is 10.0 Å². The first-order chi connectivity index (χ1) is 28.0. The van der Waals surface area contributed by atoms with Gasteiger partial charge in [0.2, 0.25) is 23.5 Å². The Kier molecular flexibility index (Phi) is 17.9. The van der Waals surface area contributed by atoms with Crippen LogP contribution >= 0.6 is 30.8 Å². The minimum absolute atomic E-state index is 0.170. The summed E-state index contributed by atoms with van der Waals surface area (Å²) in [4.78, 5) is 64.9. The summed E-state index contributed by atoms with van der Waals surface area (Å²) < 4.78 is 132. The van der Waals surface area contributed by atoms with Gasteiger partial charge in [0.05, 0.1) is 45.0 Å². The second kappa shape index (κ2) is 21.4. The van der Waals surface area contributed by atoms with E-state index in [0.29, 0.717) is 18.2 Å². The molecule has 0 bridgehead atoms. The summed E-state index contributed by atoms with van der Waals surface area (Å²) in [5, 5.41) is 34.3. The number of carboxylic acid groups (broad SMARTS) is 2. The monoisotopic (exact) mass is 963 g/mol. The van der Waals surface area contributed by atoms with Crippen molar-refractivity contribution in [1.82, 2.24) is 29.8 Å². The first kappa shape index (κ1) is 51.0. The lowest BCUT2D eigenvalue weighted by atomic mass is 10.2. The number of carbonyl (C=O) groups excluding carboxylic acids is 1. The third-order valence-corrected chi connectivity index (χ3v) is 8.69. The van der Waals surface area contributed by atoms with Crippen LogP contribution in [0.2, 0.25) is 10.0 Å². The van der Waals surface area contributed by atoms with Gasteiger partial charge >= 0.3 is 50.7 Å². The number of halogens is 9. The number of nitrogen functional groups attached to an aromatic ring is 1. The highest BCUT2D eigenvalue weighted by Gasteiger charge is 2.33. The van der Waals surface area contributed by atoms with Crippen LogP contribution in [0.5, 0.6) is 11.8 Å². The number of hydrogen-bond acceptors (Lipinski definition) is 15. The Morgan fingerprint density at radius 3 is 1.93 bits per heavy atom. The molecule has 4 rings (SSSR count). The van der Waals surface area contributed by atoms with Crippen LogP contribution in [0.3, 0.4) is 0 Å². The molecule has 9 N–H and O–H groups in total. The molecule has 2 aromatic heterocycles. The zero-order valence-corrected chi connectivity index (χ0v) is 32.4. The van der Waals surface area contributed by atoms with Gasteiger partial charge in [-0.25, -0.2) is 27.4 Å². The number of nitrogens with two attached hydrogens (primary N) is 1. The van der Waals surface area contributed by atoms with Crippen molar-refractivity contribution >= 4 is 76.2 Å². The molecule has 0 saturated carbocycles. The average Bonchev–Trinajstić information content (AvgIpc) is 3.47. The number of aromatic nitrogens is 4. The van der Waals surface area contributed by atoms with E-state index in [1.165, 1.54) is 16.9 Å². The van der Waals surface area contributed by atoms with Crippen molar-refractivity contribution in [2.45, 2.75) is 24.3 Å². The minimum Gasteiger partial charge on any atom is -0.480 e. The van der Waals surface area contributed by atoms with E-state index in [4.69, 9.17) is 48.9 Å². The summed E-state index contributed by atoms with van der Waals surface area (Å²) >= 11 is 11.5. The number of carboxylic acids is 2. The number of benzene rings is 2. The number of nitrogens with one attached hydrogen (secondary N) is 3. The maximum Gasteiger partial charge on any atom is 0.416 e. The third kappa shape index (κ3) is 16.5. The lowest BCUT2D eigenvalue weighted by molar-refractivity contribution is -0.383. The molecule has 4 aromatic rings. The number of nitrogens with zero attached hydrogens (tertiary/aromatic N) is 5. The summed E-state index contributed by atoms with van der Waals surface area (Å²) in [7, 11) is -8.81. The van der Waals surface area contributed by atoms with E-state index in [1.807, 2.05) is 0 Å². The van der Waals surface area contributed by atoms with E-state index in [2.05, 4.69) is 29.9 Å². The molecule has 0 aliphatic carbocycles. The standard InChI is InChI=1S/C14H10F4N4O7S.C10H5Cl2F3N4O2.C3H8NO5P/c15-11(16)28-8-5-9(29-12(17)18)20-13(19-8)21-14(25)22-30(26,27)7-4-2-1-3-6(7)10(23)24;11-5-1-4(10(13,14)15)2-6(12)8(5)18-9(16)7(3-17-18)19(20)21;5-3(6)1-4-2-10(7,8)9/h1-5,11-12H,(H,23,24)(H2,19,20,21,22,25);1-3H,16H2;4H,1-2H2,(H,5,6)(H2,7,8,9). The normalized spacial score (nSPS) is 11.4. The van der Waals surface area contributed by atoms with E-state index in [1.54, 1.807) is 5.32 Å². The maximum atomic E-state index is 12.6. The fourth-order valence-corrected chi connectivity index (χ4v) is 6.01. The SMILES string of the molecule is Nc1c([N+](=O)[O-])cnn1-c1c(Cl)cc(C(F)(F)F)cc1Cl.O=C(Nc1nc(OC(F)F)cc(OC(F)F)n1)NS(=O)(=O)c1ccccc1C(=O)O.O=C(O)CNCP(=O)(O)O. The second-order valence-electron chi connectivity index (χ2n) is 10.5. The number of aromatic carboxylic acids is 1. The van der Waals surface area contributed by atoms with E-state index < -0.39 is 118 Å². The summed E-state index contributed by atoms with van der Waals surface area (Å²) in [6, 6.07) is 4.49. The zero-order chi connectivity index (χ0) is 46.6. The van der Waals surface area contributed by atoms with Crippen molar-refractivity contribution in [3.8, 4) is 17.4 Å². The summed E-state index contributed by atoms with van der Waals surface area (Å²) in [6.07, 6.45) is -4.38. The molecule has 0 aliphatic rings. The van der Waals surface area contributed by atoms with E-state index in [-0.39, 0.29) is 15.7 Å². The number of sulfonamides is 1. The minimum atomic E-state index is -4.71. The molecule has 61 heavy (non-hydrogen) atoms. The number of rotatable bonds is 14. The van der Waals surface area contributed by atoms with Gasteiger partial charge in [-0.3, -0.25) is 30.1 Å². The lowest BCUT2D eigenvalue weighted by Crippen LogP contribution is -2.35. The average molecular weight is 964 g/mol. The predicted octanol–water partition coefficient (Wildman–Crippen LogP) is 4.37. The quantitative estimate of drug-likeness (QED) is 0.0376. The van der Waals surface area contributed by atoms with Crippen LogP contribution in [0, 0.1) is 10.1 Å². The molecule has 23 nitrogen and oxygen atoms in total. The molecule has 0 atom stereocenters. The smallest absolute Gasteiger partial charge is 0.416 e. The number of aliphatic carboxylic acids is 1. The van der Waals surface area contributed by atoms with E-state index >= 15 is 0 Å². The fourth-order valence-electron chi connectivity index (χ4n) is 3.85. The first-order valence-corrected chi connectivity index (χ1v) is 19.0. The molecule has 34 heteroatoms. The third-order valence-electron chi connectivity index (χ3n) is 6.09. The van der Waals surface area contributed by atoms with E-state index in [9.17, 15) is 68.2 Å². The van der Waals surface area contributed by atoms with Gasteiger partial charge in [0.15, 0.2) is 0 Å². The topological polar surface area (TPSA) is 351 Å². The highest BCUT2D eigenvalue weighted by molar-refractivity contribution is 7.90. The van der Waals surface area contributed by atoms with Gasteiger partial charge in [0, 0.05) is 0 Å². The van der Waals surface area contributed by atoms with Crippen LogP contribution in [0.4, 0.5) is 53.0 Å². The summed E-state index contributed by atoms with van der Waals surface area (Å²) in [5.41, 5.74) is 3.14. The molecule has 0 radical (unpaired) electrons. The molecule has 0 unspecified atom stereocenters. The zero-order valence-electron chi connectivity index (χ0n) is 29.1. The summed E-state index contributed by atoms with van der Waals surface area (Å²) in [6.45, 7) is -7.26. The Hall–Kier alpha value is -6.11. The Morgan fingerprint density at radius 1 is 0.984 bits per heavy atom. The maximum absolute atomic E-state index is 12.6. The molecule has 0 saturated heterocycles. The number of alkyl halides is 7. The molecule has 0 fully saturated rings. The lowest BCUT2D eigenvalue weighted by Gasteiger charge is -2.12. The van der Waals surface area contributed by atoms with Crippen molar-refractivity contribution in [3.63, 3.8) is 0 Å².